The molecule has 0 aliphatic carbocycles. The van der Waals surface area contributed by atoms with E-state index in [2.05, 4.69) is 37.9 Å². The molecule has 0 bridgehead atoms. The van der Waals surface area contributed by atoms with Crippen molar-refractivity contribution < 1.29 is 4.74 Å². The van der Waals surface area contributed by atoms with E-state index in [-0.39, 0.29) is 0 Å². The Bertz CT molecular complexity index is 185. The fraction of sp³-hybridized carbons (Fsp3) is 1.00. The van der Waals surface area contributed by atoms with Gasteiger partial charge in [-0.1, -0.05) is 20.8 Å². The van der Waals surface area contributed by atoms with Gasteiger partial charge in [0.25, 0.3) is 0 Å². The SMILES string of the molecule is CCCNC(CN1CCOC(C)C1)C(C)C. The number of morpholine rings is 1. The third-order valence-corrected chi connectivity index (χ3v) is 3.24. The van der Waals surface area contributed by atoms with Crippen LogP contribution in [0.15, 0.2) is 0 Å². The van der Waals surface area contributed by atoms with Crippen LogP contribution in [-0.2, 0) is 4.74 Å². The first-order valence-corrected chi connectivity index (χ1v) is 6.70. The predicted octanol–water partition coefficient (Wildman–Crippen LogP) is 1.73. The molecule has 0 saturated carbocycles. The normalized spacial score (nSPS) is 24.9. The molecule has 2 atom stereocenters. The number of nitrogens with one attached hydrogen (secondary N) is 1. The third-order valence-electron chi connectivity index (χ3n) is 3.24. The lowest BCUT2D eigenvalue weighted by atomic mass is 10.0. The number of hydrogen-bond acceptors (Lipinski definition) is 3. The molecule has 0 spiro atoms. The van der Waals surface area contributed by atoms with Crippen molar-refractivity contribution >= 4 is 0 Å². The Balaban J connectivity index is 2.34. The fourth-order valence-corrected chi connectivity index (χ4v) is 2.18. The van der Waals surface area contributed by atoms with Crippen molar-refractivity contribution in [3.63, 3.8) is 0 Å². The van der Waals surface area contributed by atoms with Crippen LogP contribution in [0.5, 0.6) is 0 Å². The van der Waals surface area contributed by atoms with Crippen molar-refractivity contribution in [2.75, 3.05) is 32.8 Å². The number of ether oxygens (including phenoxy) is 1. The first kappa shape index (κ1) is 13.9. The summed E-state index contributed by atoms with van der Waals surface area (Å²) in [5, 5.41) is 3.65. The van der Waals surface area contributed by atoms with Gasteiger partial charge in [0.2, 0.25) is 0 Å². The van der Waals surface area contributed by atoms with Crippen molar-refractivity contribution in [1.82, 2.24) is 10.2 Å². The van der Waals surface area contributed by atoms with Crippen LogP contribution in [0.1, 0.15) is 34.1 Å². The first-order valence-electron chi connectivity index (χ1n) is 6.70. The molecule has 3 heteroatoms. The minimum atomic E-state index is 0.396. The molecule has 1 rings (SSSR count). The molecule has 96 valence electrons. The number of hydrogen-bond donors (Lipinski definition) is 1. The van der Waals surface area contributed by atoms with Crippen molar-refractivity contribution in [2.24, 2.45) is 5.92 Å². The molecule has 0 aromatic heterocycles. The lowest BCUT2D eigenvalue weighted by Gasteiger charge is -2.35. The summed E-state index contributed by atoms with van der Waals surface area (Å²) in [7, 11) is 0. The molecule has 1 heterocycles. The van der Waals surface area contributed by atoms with Crippen LogP contribution in [0.25, 0.3) is 0 Å². The van der Waals surface area contributed by atoms with Crippen LogP contribution in [0, 0.1) is 5.92 Å². The maximum Gasteiger partial charge on any atom is 0.0674 e. The quantitative estimate of drug-likeness (QED) is 0.749. The maximum atomic E-state index is 5.57. The van der Waals surface area contributed by atoms with E-state index in [1.807, 2.05) is 0 Å². The molecule has 1 aliphatic rings. The first-order chi connectivity index (χ1) is 7.63. The van der Waals surface area contributed by atoms with Crippen molar-refractivity contribution in [3.8, 4) is 0 Å². The minimum Gasteiger partial charge on any atom is -0.376 e. The van der Waals surface area contributed by atoms with E-state index in [0.29, 0.717) is 18.1 Å². The van der Waals surface area contributed by atoms with Gasteiger partial charge in [0.15, 0.2) is 0 Å². The molecule has 16 heavy (non-hydrogen) atoms. The molecule has 1 N–H and O–H groups in total. The smallest absolute Gasteiger partial charge is 0.0674 e. The topological polar surface area (TPSA) is 24.5 Å². The van der Waals surface area contributed by atoms with Gasteiger partial charge in [-0.2, -0.15) is 0 Å². The standard InChI is InChI=1S/C13H28N2O/c1-5-6-14-13(11(2)3)10-15-7-8-16-12(4)9-15/h11-14H,5-10H2,1-4H3. The Morgan fingerprint density at radius 2 is 2.19 bits per heavy atom. The molecule has 0 aromatic carbocycles. The van der Waals surface area contributed by atoms with Crippen LogP contribution >= 0.6 is 0 Å². The monoisotopic (exact) mass is 228 g/mol. The maximum absolute atomic E-state index is 5.57. The van der Waals surface area contributed by atoms with Crippen LogP contribution in [-0.4, -0.2) is 49.8 Å². The van der Waals surface area contributed by atoms with Gasteiger partial charge in [-0.3, -0.25) is 4.90 Å². The van der Waals surface area contributed by atoms with Gasteiger partial charge < -0.3 is 10.1 Å². The summed E-state index contributed by atoms with van der Waals surface area (Å²) in [4.78, 5) is 2.53. The summed E-state index contributed by atoms with van der Waals surface area (Å²) < 4.78 is 5.57. The minimum absolute atomic E-state index is 0.396. The highest BCUT2D eigenvalue weighted by molar-refractivity contribution is 4.78. The van der Waals surface area contributed by atoms with Gasteiger partial charge in [-0.25, -0.2) is 0 Å². The molecule has 2 unspecified atom stereocenters. The Labute approximate surface area is 101 Å². The molecular formula is C13H28N2O. The van der Waals surface area contributed by atoms with Crippen molar-refractivity contribution in [1.29, 1.82) is 0 Å². The largest absolute Gasteiger partial charge is 0.376 e. The van der Waals surface area contributed by atoms with E-state index in [1.165, 1.54) is 6.42 Å². The van der Waals surface area contributed by atoms with Gasteiger partial charge in [-0.15, -0.1) is 0 Å². The Morgan fingerprint density at radius 3 is 2.75 bits per heavy atom. The van der Waals surface area contributed by atoms with Crippen LogP contribution in [0.2, 0.25) is 0 Å². The molecule has 0 aromatic rings. The van der Waals surface area contributed by atoms with E-state index < -0.39 is 0 Å². The second-order valence-electron chi connectivity index (χ2n) is 5.25. The molecule has 1 fully saturated rings. The highest BCUT2D eigenvalue weighted by Crippen LogP contribution is 2.09. The molecule has 1 aliphatic heterocycles. The Kier molecular flexibility index (Phi) is 6.32. The zero-order chi connectivity index (χ0) is 12.0. The lowest BCUT2D eigenvalue weighted by Crippen LogP contribution is -2.49. The van der Waals surface area contributed by atoms with Gasteiger partial charge >= 0.3 is 0 Å². The highest BCUT2D eigenvalue weighted by Gasteiger charge is 2.21. The molecule has 1 saturated heterocycles. The molecular weight excluding hydrogens is 200 g/mol. The molecule has 0 radical (unpaired) electrons. The number of rotatable bonds is 6. The van der Waals surface area contributed by atoms with Crippen LogP contribution < -0.4 is 5.32 Å². The van der Waals surface area contributed by atoms with E-state index >= 15 is 0 Å². The second kappa shape index (κ2) is 7.25. The summed E-state index contributed by atoms with van der Waals surface area (Å²) in [5.41, 5.74) is 0. The van der Waals surface area contributed by atoms with Crippen molar-refractivity contribution in [2.45, 2.75) is 46.3 Å². The zero-order valence-electron chi connectivity index (χ0n) is 11.3. The summed E-state index contributed by atoms with van der Waals surface area (Å²) in [6.45, 7) is 14.3. The van der Waals surface area contributed by atoms with E-state index in [4.69, 9.17) is 4.74 Å². The average Bonchev–Trinajstić information content (AvgIpc) is 2.24. The summed E-state index contributed by atoms with van der Waals surface area (Å²) in [6, 6.07) is 0.616. The molecule has 3 nitrogen and oxygen atoms in total. The zero-order valence-corrected chi connectivity index (χ0v) is 11.3. The lowest BCUT2D eigenvalue weighted by molar-refractivity contribution is -0.0225. The Morgan fingerprint density at radius 1 is 1.44 bits per heavy atom. The average molecular weight is 228 g/mol. The van der Waals surface area contributed by atoms with Gasteiger partial charge in [0, 0.05) is 25.7 Å². The van der Waals surface area contributed by atoms with Gasteiger partial charge in [0.1, 0.15) is 0 Å². The van der Waals surface area contributed by atoms with Crippen LogP contribution in [0.4, 0.5) is 0 Å². The third kappa shape index (κ3) is 4.81. The summed E-state index contributed by atoms with van der Waals surface area (Å²) in [5.74, 6) is 0.699. The van der Waals surface area contributed by atoms with Gasteiger partial charge in [-0.05, 0) is 25.8 Å². The van der Waals surface area contributed by atoms with E-state index in [9.17, 15) is 0 Å². The summed E-state index contributed by atoms with van der Waals surface area (Å²) >= 11 is 0. The van der Waals surface area contributed by atoms with Crippen molar-refractivity contribution in [3.05, 3.63) is 0 Å². The highest BCUT2D eigenvalue weighted by atomic mass is 16.5. The summed E-state index contributed by atoms with van der Waals surface area (Å²) in [6.07, 6.45) is 1.61. The Hall–Kier alpha value is -0.120. The predicted molar refractivity (Wildman–Crippen MR) is 68.8 cm³/mol. The van der Waals surface area contributed by atoms with E-state index in [1.54, 1.807) is 0 Å². The van der Waals surface area contributed by atoms with Gasteiger partial charge in [0.05, 0.1) is 12.7 Å². The van der Waals surface area contributed by atoms with Crippen LogP contribution in [0.3, 0.4) is 0 Å². The molecule has 0 amide bonds. The second-order valence-corrected chi connectivity index (χ2v) is 5.25. The van der Waals surface area contributed by atoms with E-state index in [0.717, 1.165) is 32.8 Å². The fourth-order valence-electron chi connectivity index (χ4n) is 2.18. The number of nitrogens with zero attached hydrogens (tertiary/aromatic N) is 1.